The Morgan fingerprint density at radius 1 is 0.844 bits per heavy atom. The maximum atomic E-state index is 13.3. The van der Waals surface area contributed by atoms with E-state index in [1.165, 1.54) is 6.26 Å². The summed E-state index contributed by atoms with van der Waals surface area (Å²) in [5.41, 5.74) is 0.334. The maximum absolute atomic E-state index is 13.3. The topological polar surface area (TPSA) is 65.7 Å². The Bertz CT molecular complexity index is 712. The molecule has 5 nitrogen and oxygen atoms in total. The van der Waals surface area contributed by atoms with Crippen molar-refractivity contribution in [2.24, 2.45) is 0 Å². The fraction of sp³-hybridized carbons (Fsp3) is 0.615. The van der Waals surface area contributed by atoms with Crippen molar-refractivity contribution >= 4 is 35.9 Å². The second-order valence-corrected chi connectivity index (χ2v) is 21.3. The first kappa shape index (κ1) is 28.5. The van der Waals surface area contributed by atoms with Crippen molar-refractivity contribution in [1.29, 1.82) is 0 Å². The Morgan fingerprint density at radius 3 is 1.81 bits per heavy atom. The van der Waals surface area contributed by atoms with Gasteiger partial charge in [0.05, 0.1) is 0 Å². The van der Waals surface area contributed by atoms with Gasteiger partial charge in [-0.3, -0.25) is 0 Å². The second-order valence-electron chi connectivity index (χ2n) is 8.17. The summed E-state index contributed by atoms with van der Waals surface area (Å²) >= 11 is -3.09. The fourth-order valence-corrected chi connectivity index (χ4v) is 20.0. The van der Waals surface area contributed by atoms with Gasteiger partial charge < -0.3 is 0 Å². The number of rotatable bonds is 16. The molecule has 0 aromatic carbocycles. The van der Waals surface area contributed by atoms with E-state index in [1.807, 2.05) is 13.0 Å². The summed E-state index contributed by atoms with van der Waals surface area (Å²) in [5.74, 6) is -0.205. The summed E-state index contributed by atoms with van der Waals surface area (Å²) in [7, 11) is 0. The summed E-state index contributed by atoms with van der Waals surface area (Å²) in [6, 6.07) is 3.48. The van der Waals surface area contributed by atoms with E-state index in [9.17, 15) is 9.59 Å². The van der Waals surface area contributed by atoms with Crippen molar-refractivity contribution in [3.63, 3.8) is 0 Å². The number of furan rings is 1. The molecule has 1 heterocycles. The molecule has 0 aliphatic carbocycles. The molecule has 1 rings (SSSR count). The van der Waals surface area contributed by atoms with E-state index >= 15 is 0 Å². The van der Waals surface area contributed by atoms with Crippen LogP contribution in [0.25, 0.3) is 5.57 Å². The Hall–Kier alpha value is -1.50. The first-order chi connectivity index (χ1) is 15.5. The average Bonchev–Trinajstić information content (AvgIpc) is 3.31. The molecule has 0 N–H and O–H groups in total. The molecule has 0 saturated heterocycles. The minimum absolute atomic E-state index is 0.203. The fourth-order valence-electron chi connectivity index (χ4n) is 4.05. The van der Waals surface area contributed by atoms with Crippen LogP contribution in [0.1, 0.15) is 78.9 Å². The zero-order valence-electron chi connectivity index (χ0n) is 20.7. The van der Waals surface area contributed by atoms with Crippen molar-refractivity contribution in [2.45, 2.75) is 86.5 Å². The van der Waals surface area contributed by atoms with Gasteiger partial charge in [-0.05, 0) is 0 Å². The number of carbonyl (C=O) groups is 2. The van der Waals surface area contributed by atoms with Crippen LogP contribution >= 0.6 is 0 Å². The van der Waals surface area contributed by atoms with Crippen molar-refractivity contribution < 1.29 is 23.5 Å². The van der Waals surface area contributed by atoms with Gasteiger partial charge in [-0.15, -0.1) is 0 Å². The zero-order valence-corrected chi connectivity index (χ0v) is 23.6. The molecule has 1 aromatic heterocycles. The molecule has 0 unspecified atom stereocenters. The third-order valence-electron chi connectivity index (χ3n) is 5.79. The molecule has 0 amide bonds. The van der Waals surface area contributed by atoms with Gasteiger partial charge in [0.25, 0.3) is 0 Å². The summed E-state index contributed by atoms with van der Waals surface area (Å²) in [6.07, 6.45) is 11.9. The number of carbonyl (C=O) groups excluding carboxylic acids is 2. The molecule has 0 bridgehead atoms. The van der Waals surface area contributed by atoms with Crippen LogP contribution < -0.4 is 0 Å². The van der Waals surface area contributed by atoms with Crippen molar-refractivity contribution in [3.8, 4) is 0 Å². The van der Waals surface area contributed by atoms with Crippen LogP contribution in [-0.4, -0.2) is 43.5 Å². The van der Waals surface area contributed by atoms with Gasteiger partial charge in [0.1, 0.15) is 0 Å². The van der Waals surface area contributed by atoms with Crippen LogP contribution in [0.3, 0.4) is 0 Å². The van der Waals surface area contributed by atoms with E-state index in [4.69, 9.17) is 13.9 Å². The Morgan fingerprint density at radius 2 is 1.38 bits per heavy atom. The van der Waals surface area contributed by atoms with Crippen LogP contribution in [0.4, 0.5) is 0 Å². The predicted molar refractivity (Wildman–Crippen MR) is 133 cm³/mol. The molecule has 6 heteroatoms. The number of unbranched alkanes of at least 4 members (excludes halogenated alkanes) is 3. The molecule has 0 aliphatic heterocycles. The minimum atomic E-state index is -3.09. The number of hydrogen-bond donors (Lipinski definition) is 0. The van der Waals surface area contributed by atoms with Crippen molar-refractivity contribution in [1.82, 2.24) is 0 Å². The van der Waals surface area contributed by atoms with E-state index < -0.39 is 24.3 Å². The van der Waals surface area contributed by atoms with Crippen LogP contribution in [-0.2, 0) is 19.1 Å². The Labute approximate surface area is 198 Å². The van der Waals surface area contributed by atoms with Crippen molar-refractivity contribution in [3.05, 3.63) is 39.9 Å². The third kappa shape index (κ3) is 8.80. The van der Waals surface area contributed by atoms with E-state index in [1.54, 1.807) is 25.1 Å². The number of esters is 2. The van der Waals surface area contributed by atoms with Gasteiger partial charge >= 0.3 is 199 Å². The zero-order chi connectivity index (χ0) is 23.8. The molecule has 0 atom stereocenters. The molecule has 0 saturated carbocycles. The molecule has 180 valence electrons. The summed E-state index contributed by atoms with van der Waals surface area (Å²) < 4.78 is 20.6. The van der Waals surface area contributed by atoms with Gasteiger partial charge in [0.15, 0.2) is 0 Å². The van der Waals surface area contributed by atoms with Gasteiger partial charge in [0.2, 0.25) is 0 Å². The Kier molecular flexibility index (Phi) is 14.4. The van der Waals surface area contributed by atoms with E-state index in [0.29, 0.717) is 17.9 Å². The first-order valence-electron chi connectivity index (χ1n) is 12.3. The molecule has 1 aromatic rings. The molecule has 0 aliphatic rings. The van der Waals surface area contributed by atoms with Crippen molar-refractivity contribution in [2.75, 3.05) is 13.2 Å². The number of allylic oxidation sites excluding steroid dienone is 2. The summed E-state index contributed by atoms with van der Waals surface area (Å²) in [4.78, 5) is 25.9. The Balaban J connectivity index is 3.61. The monoisotopic (exact) mass is 554 g/mol. The number of ether oxygens (including phenoxy) is 2. The van der Waals surface area contributed by atoms with Crippen LogP contribution in [0.5, 0.6) is 0 Å². The number of hydrogen-bond acceptors (Lipinski definition) is 5. The standard InChI is InChI=1S/C14H15O5.3C4H9.Sn/c1-3-17-13(15)9-5-7-11(14(16)18-4-2)12-8-6-10-19-12;3*1-3-4-2;/h5-8,10H,3-4H2,1-2H3;3*1,3-4H2,2H3;/b9-5?,11-7+;;;;. The SMILES string of the molecule is CCC[CH2][Sn]([CH2]CCC)([CH2]CCC)/[C](=C\C=C(\C(=O)OCC)c1ccco1)C(=O)OCC. The molecule has 0 fully saturated rings. The molecular formula is C26H42O5Sn. The van der Waals surface area contributed by atoms with Crippen LogP contribution in [0.2, 0.25) is 13.3 Å². The van der Waals surface area contributed by atoms with Gasteiger partial charge in [-0.2, -0.15) is 0 Å². The van der Waals surface area contributed by atoms with Gasteiger partial charge in [-0.1, -0.05) is 0 Å². The third-order valence-corrected chi connectivity index (χ3v) is 21.3. The first-order valence-corrected chi connectivity index (χ1v) is 19.8. The molecule has 32 heavy (non-hydrogen) atoms. The quantitative estimate of drug-likeness (QED) is 0.0946. The molecule has 0 radical (unpaired) electrons. The van der Waals surface area contributed by atoms with Gasteiger partial charge in [0, 0.05) is 0 Å². The van der Waals surface area contributed by atoms with E-state index in [-0.39, 0.29) is 12.6 Å². The average molecular weight is 553 g/mol. The van der Waals surface area contributed by atoms with E-state index in [2.05, 4.69) is 20.8 Å². The molecule has 0 spiro atoms. The summed E-state index contributed by atoms with van der Waals surface area (Å²) in [5, 5.41) is 0. The normalized spacial score (nSPS) is 12.7. The van der Waals surface area contributed by atoms with E-state index in [0.717, 1.165) is 55.4 Å². The van der Waals surface area contributed by atoms with Crippen LogP contribution in [0, 0.1) is 0 Å². The summed E-state index contributed by atoms with van der Waals surface area (Å²) in [6.45, 7) is 10.9. The second kappa shape index (κ2) is 16.2. The molecular weight excluding hydrogens is 511 g/mol. The predicted octanol–water partition coefficient (Wildman–Crippen LogP) is 7.10. The van der Waals surface area contributed by atoms with Gasteiger partial charge in [-0.25, -0.2) is 0 Å². The van der Waals surface area contributed by atoms with Crippen LogP contribution in [0.15, 0.2) is 38.6 Å².